The van der Waals surface area contributed by atoms with Crippen molar-refractivity contribution in [1.82, 2.24) is 20.4 Å². The molecule has 1 aliphatic rings. The van der Waals surface area contributed by atoms with E-state index in [2.05, 4.69) is 20.4 Å². The Morgan fingerprint density at radius 1 is 1.12 bits per heavy atom. The zero-order chi connectivity index (χ0) is 18.9. The van der Waals surface area contributed by atoms with Crippen molar-refractivity contribution in [3.63, 3.8) is 0 Å². The highest BCUT2D eigenvalue weighted by molar-refractivity contribution is 6.30. The predicted octanol–water partition coefficient (Wildman–Crippen LogP) is 1.49. The summed E-state index contributed by atoms with van der Waals surface area (Å²) < 4.78 is 0. The summed E-state index contributed by atoms with van der Waals surface area (Å²) in [6.45, 7) is 9.10. The number of carbonyl (C=O) groups excluding carboxylic acids is 2. The molecule has 2 rings (SSSR count). The van der Waals surface area contributed by atoms with Crippen LogP contribution in [0, 0.1) is 0 Å². The van der Waals surface area contributed by atoms with Crippen molar-refractivity contribution in [1.29, 1.82) is 0 Å². The first-order valence-corrected chi connectivity index (χ1v) is 9.62. The molecule has 0 radical (unpaired) electrons. The second kappa shape index (κ2) is 10.5. The minimum Gasteiger partial charge on any atom is -0.354 e. The lowest BCUT2D eigenvalue weighted by Crippen LogP contribution is -2.52. The Morgan fingerprint density at radius 2 is 1.73 bits per heavy atom. The van der Waals surface area contributed by atoms with E-state index in [1.165, 1.54) is 5.56 Å². The van der Waals surface area contributed by atoms with E-state index in [1.54, 1.807) is 6.92 Å². The average molecular weight is 381 g/mol. The molecule has 2 amide bonds. The quantitative estimate of drug-likeness (QED) is 0.717. The minimum atomic E-state index is -0.500. The first-order chi connectivity index (χ1) is 12.5. The number of nitrogens with zero attached hydrogens (tertiary/aromatic N) is 2. The van der Waals surface area contributed by atoms with Crippen LogP contribution in [0.2, 0.25) is 5.02 Å². The van der Waals surface area contributed by atoms with E-state index < -0.39 is 6.04 Å². The fourth-order valence-electron chi connectivity index (χ4n) is 2.91. The molecule has 1 heterocycles. The molecular weight excluding hydrogens is 352 g/mol. The number of nitrogens with one attached hydrogen (secondary N) is 2. The van der Waals surface area contributed by atoms with Crippen molar-refractivity contribution in [2.24, 2.45) is 0 Å². The summed E-state index contributed by atoms with van der Waals surface area (Å²) in [5, 5.41) is 6.32. The number of rotatable bonds is 8. The molecule has 1 atom stereocenters. The summed E-state index contributed by atoms with van der Waals surface area (Å²) in [4.78, 5) is 28.5. The fraction of sp³-hybridized carbons (Fsp3) is 0.579. The third-order valence-corrected chi connectivity index (χ3v) is 4.72. The zero-order valence-corrected chi connectivity index (χ0v) is 16.4. The fourth-order valence-corrected chi connectivity index (χ4v) is 3.04. The molecule has 7 heteroatoms. The molecule has 1 aromatic rings. The topological polar surface area (TPSA) is 64.7 Å². The number of amides is 2. The summed E-state index contributed by atoms with van der Waals surface area (Å²) in [7, 11) is 0. The van der Waals surface area contributed by atoms with E-state index in [1.807, 2.05) is 31.2 Å². The highest BCUT2D eigenvalue weighted by atomic mass is 35.5. The van der Waals surface area contributed by atoms with Crippen LogP contribution in [0.5, 0.6) is 0 Å². The number of carbonyl (C=O) groups is 2. The highest BCUT2D eigenvalue weighted by Gasteiger charge is 2.21. The average Bonchev–Trinajstić information content (AvgIpc) is 2.63. The molecule has 0 aliphatic carbocycles. The molecule has 1 saturated heterocycles. The van der Waals surface area contributed by atoms with Crippen LogP contribution in [0.4, 0.5) is 0 Å². The number of piperazine rings is 1. The predicted molar refractivity (Wildman–Crippen MR) is 104 cm³/mol. The highest BCUT2D eigenvalue weighted by Crippen LogP contribution is 2.12. The third kappa shape index (κ3) is 6.94. The summed E-state index contributed by atoms with van der Waals surface area (Å²) in [5.74, 6) is -0.233. The van der Waals surface area contributed by atoms with Gasteiger partial charge in [0, 0.05) is 44.3 Å². The van der Waals surface area contributed by atoms with Crippen LogP contribution in [-0.4, -0.2) is 66.9 Å². The second-order valence-corrected chi connectivity index (χ2v) is 7.20. The van der Waals surface area contributed by atoms with Crippen molar-refractivity contribution < 1.29 is 9.59 Å². The van der Waals surface area contributed by atoms with Gasteiger partial charge in [0.15, 0.2) is 0 Å². The molecule has 0 bridgehead atoms. The number of benzene rings is 1. The Labute approximate surface area is 160 Å². The van der Waals surface area contributed by atoms with E-state index in [4.69, 9.17) is 11.6 Å². The molecule has 144 valence electrons. The van der Waals surface area contributed by atoms with Gasteiger partial charge in [-0.15, -0.1) is 0 Å². The monoisotopic (exact) mass is 380 g/mol. The maximum atomic E-state index is 12.1. The first-order valence-electron chi connectivity index (χ1n) is 9.24. The largest absolute Gasteiger partial charge is 0.354 e. The van der Waals surface area contributed by atoms with E-state index in [9.17, 15) is 9.59 Å². The molecule has 1 aliphatic heterocycles. The minimum absolute atomic E-state index is 0.102. The van der Waals surface area contributed by atoms with Gasteiger partial charge in [0.2, 0.25) is 11.8 Å². The standard InChI is InChI=1S/C19H29ClN4O2/c1-3-8-21-19(26)15(2)22-18(25)14-24-11-9-23(10-12-24)13-16-4-6-17(20)7-5-16/h4-7,15H,3,8-14H2,1-2H3,(H,21,26)(H,22,25)/t15-/m1/s1. The lowest BCUT2D eigenvalue weighted by Gasteiger charge is -2.34. The van der Waals surface area contributed by atoms with Crippen molar-refractivity contribution >= 4 is 23.4 Å². The maximum absolute atomic E-state index is 12.1. The van der Waals surface area contributed by atoms with Gasteiger partial charge in [-0.1, -0.05) is 30.7 Å². The van der Waals surface area contributed by atoms with Crippen molar-refractivity contribution in [2.45, 2.75) is 32.9 Å². The van der Waals surface area contributed by atoms with Crippen LogP contribution in [0.1, 0.15) is 25.8 Å². The van der Waals surface area contributed by atoms with E-state index in [-0.39, 0.29) is 11.8 Å². The van der Waals surface area contributed by atoms with Gasteiger partial charge in [0.25, 0.3) is 0 Å². The molecule has 6 nitrogen and oxygen atoms in total. The lowest BCUT2D eigenvalue weighted by molar-refractivity contribution is -0.129. The van der Waals surface area contributed by atoms with E-state index >= 15 is 0 Å². The summed E-state index contributed by atoms with van der Waals surface area (Å²) in [6, 6.07) is 7.42. The van der Waals surface area contributed by atoms with Gasteiger partial charge < -0.3 is 10.6 Å². The van der Waals surface area contributed by atoms with Crippen LogP contribution in [0.15, 0.2) is 24.3 Å². The van der Waals surface area contributed by atoms with Gasteiger partial charge >= 0.3 is 0 Å². The Hall–Kier alpha value is -1.63. The van der Waals surface area contributed by atoms with Gasteiger partial charge in [-0.3, -0.25) is 19.4 Å². The molecule has 0 saturated carbocycles. The van der Waals surface area contributed by atoms with Crippen LogP contribution >= 0.6 is 11.6 Å². The number of halogens is 1. The normalized spacial score (nSPS) is 16.9. The van der Waals surface area contributed by atoms with Crippen LogP contribution < -0.4 is 10.6 Å². The summed E-state index contributed by atoms with van der Waals surface area (Å²) >= 11 is 5.92. The Kier molecular flexibility index (Phi) is 8.35. The zero-order valence-electron chi connectivity index (χ0n) is 15.6. The van der Waals surface area contributed by atoms with Crippen LogP contribution in [0.25, 0.3) is 0 Å². The molecular formula is C19H29ClN4O2. The maximum Gasteiger partial charge on any atom is 0.242 e. The molecule has 2 N–H and O–H groups in total. The third-order valence-electron chi connectivity index (χ3n) is 4.47. The van der Waals surface area contributed by atoms with Crippen molar-refractivity contribution in [3.05, 3.63) is 34.9 Å². The molecule has 1 aromatic carbocycles. The number of hydrogen-bond acceptors (Lipinski definition) is 4. The van der Waals surface area contributed by atoms with Gasteiger partial charge in [-0.25, -0.2) is 0 Å². The Balaban J connectivity index is 1.68. The van der Waals surface area contributed by atoms with Gasteiger partial charge in [-0.05, 0) is 31.0 Å². The second-order valence-electron chi connectivity index (χ2n) is 6.76. The van der Waals surface area contributed by atoms with Gasteiger partial charge in [0.1, 0.15) is 6.04 Å². The Bertz CT molecular complexity index is 586. The van der Waals surface area contributed by atoms with Crippen molar-refractivity contribution in [3.8, 4) is 0 Å². The number of hydrogen-bond donors (Lipinski definition) is 2. The first kappa shape index (κ1) is 20.7. The molecule has 26 heavy (non-hydrogen) atoms. The van der Waals surface area contributed by atoms with Crippen LogP contribution in [0.3, 0.4) is 0 Å². The van der Waals surface area contributed by atoms with E-state index in [0.29, 0.717) is 13.1 Å². The molecule has 1 fully saturated rings. The van der Waals surface area contributed by atoms with Crippen LogP contribution in [-0.2, 0) is 16.1 Å². The summed E-state index contributed by atoms with van der Waals surface area (Å²) in [6.07, 6.45) is 0.882. The van der Waals surface area contributed by atoms with Gasteiger partial charge in [0.05, 0.1) is 6.54 Å². The smallest absolute Gasteiger partial charge is 0.242 e. The molecule has 0 aromatic heterocycles. The molecule has 0 spiro atoms. The SMILES string of the molecule is CCCNC(=O)[C@@H](C)NC(=O)CN1CCN(Cc2ccc(Cl)cc2)CC1. The Morgan fingerprint density at radius 3 is 2.35 bits per heavy atom. The van der Waals surface area contributed by atoms with Crippen molar-refractivity contribution in [2.75, 3.05) is 39.3 Å². The molecule has 0 unspecified atom stereocenters. The lowest BCUT2D eigenvalue weighted by atomic mass is 10.2. The summed E-state index contributed by atoms with van der Waals surface area (Å²) in [5.41, 5.74) is 1.24. The van der Waals surface area contributed by atoms with E-state index in [0.717, 1.165) is 44.2 Å². The van der Waals surface area contributed by atoms with Gasteiger partial charge in [-0.2, -0.15) is 0 Å².